The first-order chi connectivity index (χ1) is 9.63. The van der Waals surface area contributed by atoms with E-state index in [-0.39, 0.29) is 0 Å². The number of nitrogens with one attached hydrogen (secondary N) is 1. The van der Waals surface area contributed by atoms with Gasteiger partial charge in [-0.1, -0.05) is 38.1 Å². The van der Waals surface area contributed by atoms with Gasteiger partial charge in [-0.15, -0.1) is 0 Å². The Bertz CT molecular complexity index is 511. The second-order valence-electron chi connectivity index (χ2n) is 5.82. The van der Waals surface area contributed by atoms with Crippen LogP contribution in [0, 0.1) is 12.8 Å². The van der Waals surface area contributed by atoms with Crippen molar-refractivity contribution in [2.24, 2.45) is 5.92 Å². The standard InChI is InChI=1S/C17H25N3/c1-14(2)12-18-10-8-16-4-6-17(7-5-16)13-20-11-9-15(3)19-20/h4-7,9,11,14,18H,8,10,12-13H2,1-3H3. The molecule has 108 valence electrons. The van der Waals surface area contributed by atoms with Crippen LogP contribution in [0.5, 0.6) is 0 Å². The normalized spacial score (nSPS) is 11.2. The molecule has 0 saturated heterocycles. The molecule has 0 amide bonds. The Kier molecular flexibility index (Phi) is 5.36. The zero-order valence-electron chi connectivity index (χ0n) is 12.8. The topological polar surface area (TPSA) is 29.9 Å². The van der Waals surface area contributed by atoms with Crippen LogP contribution >= 0.6 is 0 Å². The van der Waals surface area contributed by atoms with Crippen molar-refractivity contribution in [1.82, 2.24) is 15.1 Å². The maximum atomic E-state index is 4.41. The van der Waals surface area contributed by atoms with E-state index in [9.17, 15) is 0 Å². The molecule has 1 aromatic heterocycles. The molecule has 2 aromatic rings. The van der Waals surface area contributed by atoms with Gasteiger partial charge >= 0.3 is 0 Å². The third-order valence-electron chi connectivity index (χ3n) is 3.28. The molecule has 1 N–H and O–H groups in total. The lowest BCUT2D eigenvalue weighted by atomic mass is 10.1. The zero-order valence-corrected chi connectivity index (χ0v) is 12.8. The molecule has 0 aliphatic carbocycles. The Hall–Kier alpha value is -1.61. The van der Waals surface area contributed by atoms with E-state index in [0.717, 1.165) is 37.7 Å². The van der Waals surface area contributed by atoms with E-state index in [1.54, 1.807) is 0 Å². The highest BCUT2D eigenvalue weighted by Gasteiger charge is 1.99. The van der Waals surface area contributed by atoms with Gasteiger partial charge in [0, 0.05) is 6.20 Å². The molecule has 0 unspecified atom stereocenters. The summed E-state index contributed by atoms with van der Waals surface area (Å²) < 4.78 is 1.98. The molecule has 3 nitrogen and oxygen atoms in total. The van der Waals surface area contributed by atoms with Gasteiger partial charge < -0.3 is 5.32 Å². The summed E-state index contributed by atoms with van der Waals surface area (Å²) in [5, 5.41) is 7.89. The first-order valence-corrected chi connectivity index (χ1v) is 7.42. The van der Waals surface area contributed by atoms with Crippen LogP contribution in [-0.2, 0) is 13.0 Å². The van der Waals surface area contributed by atoms with E-state index in [2.05, 4.69) is 48.5 Å². The average molecular weight is 271 g/mol. The molecule has 20 heavy (non-hydrogen) atoms. The summed E-state index contributed by atoms with van der Waals surface area (Å²) in [4.78, 5) is 0. The van der Waals surface area contributed by atoms with E-state index in [1.807, 2.05) is 23.9 Å². The maximum absolute atomic E-state index is 4.41. The van der Waals surface area contributed by atoms with Crippen LogP contribution in [-0.4, -0.2) is 22.9 Å². The van der Waals surface area contributed by atoms with Gasteiger partial charge in [-0.2, -0.15) is 5.10 Å². The third-order valence-corrected chi connectivity index (χ3v) is 3.28. The molecule has 0 radical (unpaired) electrons. The Balaban J connectivity index is 1.80. The summed E-state index contributed by atoms with van der Waals surface area (Å²) in [6, 6.07) is 10.9. The molecule has 3 heteroatoms. The summed E-state index contributed by atoms with van der Waals surface area (Å²) in [5.41, 5.74) is 3.76. The predicted molar refractivity (Wildman–Crippen MR) is 83.9 cm³/mol. The third kappa shape index (κ3) is 4.82. The highest BCUT2D eigenvalue weighted by molar-refractivity contribution is 5.23. The number of aryl methyl sites for hydroxylation is 1. The Labute approximate surface area is 122 Å². The van der Waals surface area contributed by atoms with E-state index in [4.69, 9.17) is 0 Å². The number of rotatable bonds is 7. The minimum absolute atomic E-state index is 0.718. The van der Waals surface area contributed by atoms with Crippen molar-refractivity contribution in [3.05, 3.63) is 53.3 Å². The summed E-state index contributed by atoms with van der Waals surface area (Å²) in [7, 11) is 0. The summed E-state index contributed by atoms with van der Waals surface area (Å²) in [6.45, 7) is 9.48. The smallest absolute Gasteiger partial charge is 0.0659 e. The Morgan fingerprint density at radius 1 is 1.10 bits per heavy atom. The quantitative estimate of drug-likeness (QED) is 0.785. The Morgan fingerprint density at radius 3 is 2.40 bits per heavy atom. The number of benzene rings is 1. The van der Waals surface area contributed by atoms with Crippen molar-refractivity contribution in [1.29, 1.82) is 0 Å². The molecule has 1 aromatic carbocycles. The number of aromatic nitrogens is 2. The molecule has 0 fully saturated rings. The highest BCUT2D eigenvalue weighted by Crippen LogP contribution is 2.07. The van der Waals surface area contributed by atoms with Crippen LogP contribution in [0.1, 0.15) is 30.7 Å². The lowest BCUT2D eigenvalue weighted by Crippen LogP contribution is -2.22. The van der Waals surface area contributed by atoms with Gasteiger partial charge in [0.2, 0.25) is 0 Å². The van der Waals surface area contributed by atoms with Crippen molar-refractivity contribution >= 4 is 0 Å². The van der Waals surface area contributed by atoms with Gasteiger partial charge in [0.15, 0.2) is 0 Å². The van der Waals surface area contributed by atoms with Crippen LogP contribution in [0.2, 0.25) is 0 Å². The molecule has 0 aliphatic rings. The summed E-state index contributed by atoms with van der Waals surface area (Å²) in [5.74, 6) is 0.718. The van der Waals surface area contributed by atoms with E-state index in [1.165, 1.54) is 11.1 Å². The van der Waals surface area contributed by atoms with Crippen molar-refractivity contribution < 1.29 is 0 Å². The van der Waals surface area contributed by atoms with Crippen molar-refractivity contribution in [3.63, 3.8) is 0 Å². The van der Waals surface area contributed by atoms with Gasteiger partial charge in [-0.25, -0.2) is 0 Å². The first kappa shape index (κ1) is 14.8. The summed E-state index contributed by atoms with van der Waals surface area (Å²) in [6.07, 6.45) is 3.12. The molecule has 1 heterocycles. The van der Waals surface area contributed by atoms with Gasteiger partial charge in [-0.05, 0) is 49.5 Å². The van der Waals surface area contributed by atoms with Gasteiger partial charge in [-0.3, -0.25) is 4.68 Å². The molecule has 0 aliphatic heterocycles. The number of nitrogens with zero attached hydrogens (tertiary/aromatic N) is 2. The monoisotopic (exact) mass is 271 g/mol. The fourth-order valence-electron chi connectivity index (χ4n) is 2.17. The van der Waals surface area contributed by atoms with Crippen LogP contribution in [0.4, 0.5) is 0 Å². The van der Waals surface area contributed by atoms with Crippen LogP contribution in [0.15, 0.2) is 36.5 Å². The maximum Gasteiger partial charge on any atom is 0.0659 e. The first-order valence-electron chi connectivity index (χ1n) is 7.42. The zero-order chi connectivity index (χ0) is 14.4. The van der Waals surface area contributed by atoms with Gasteiger partial charge in [0.05, 0.1) is 12.2 Å². The number of hydrogen-bond donors (Lipinski definition) is 1. The van der Waals surface area contributed by atoms with Crippen molar-refractivity contribution in [2.75, 3.05) is 13.1 Å². The molecule has 0 saturated carbocycles. The summed E-state index contributed by atoms with van der Waals surface area (Å²) >= 11 is 0. The molecule has 0 spiro atoms. The van der Waals surface area contributed by atoms with Crippen molar-refractivity contribution in [2.45, 2.75) is 33.7 Å². The van der Waals surface area contributed by atoms with Crippen LogP contribution in [0.3, 0.4) is 0 Å². The predicted octanol–water partition coefficient (Wildman–Crippen LogP) is 3.03. The lowest BCUT2D eigenvalue weighted by molar-refractivity contribution is 0.554. The average Bonchev–Trinajstić information content (AvgIpc) is 2.82. The molecular weight excluding hydrogens is 246 g/mol. The Morgan fingerprint density at radius 2 is 1.80 bits per heavy atom. The second-order valence-corrected chi connectivity index (χ2v) is 5.82. The van der Waals surface area contributed by atoms with Gasteiger partial charge in [0.1, 0.15) is 0 Å². The van der Waals surface area contributed by atoms with Crippen LogP contribution in [0.25, 0.3) is 0 Å². The molecule has 0 bridgehead atoms. The lowest BCUT2D eigenvalue weighted by Gasteiger charge is -2.08. The SMILES string of the molecule is Cc1ccn(Cc2ccc(CCNCC(C)C)cc2)n1. The fourth-order valence-corrected chi connectivity index (χ4v) is 2.17. The van der Waals surface area contributed by atoms with Gasteiger partial charge in [0.25, 0.3) is 0 Å². The molecule has 2 rings (SSSR count). The van der Waals surface area contributed by atoms with E-state index in [0.29, 0.717) is 0 Å². The highest BCUT2D eigenvalue weighted by atomic mass is 15.3. The fraction of sp³-hybridized carbons (Fsp3) is 0.471. The van der Waals surface area contributed by atoms with Crippen LogP contribution < -0.4 is 5.32 Å². The molecular formula is C17H25N3. The van der Waals surface area contributed by atoms with E-state index >= 15 is 0 Å². The largest absolute Gasteiger partial charge is 0.316 e. The number of hydrogen-bond acceptors (Lipinski definition) is 2. The second kappa shape index (κ2) is 7.25. The minimum Gasteiger partial charge on any atom is -0.316 e. The minimum atomic E-state index is 0.718. The van der Waals surface area contributed by atoms with Crippen molar-refractivity contribution in [3.8, 4) is 0 Å². The molecule has 0 atom stereocenters. The van der Waals surface area contributed by atoms with E-state index < -0.39 is 0 Å².